The van der Waals surface area contributed by atoms with E-state index in [9.17, 15) is 9.50 Å². The number of aromatic hydroxyl groups is 1. The Kier molecular flexibility index (Phi) is 2.85. The summed E-state index contributed by atoms with van der Waals surface area (Å²) >= 11 is 0. The van der Waals surface area contributed by atoms with E-state index in [1.165, 1.54) is 12.1 Å². The van der Waals surface area contributed by atoms with Gasteiger partial charge in [0.1, 0.15) is 0 Å². The molecule has 4 N–H and O–H groups in total. The number of aliphatic hydroxyl groups excluding tert-OH is 1. The number of phenolic OH excluding ortho intramolecular Hbond substituents is 1. The van der Waals surface area contributed by atoms with E-state index in [0.717, 1.165) is 0 Å². The maximum atomic E-state index is 13.1. The van der Waals surface area contributed by atoms with Crippen molar-refractivity contribution in [3.05, 3.63) is 29.1 Å². The fourth-order valence-electron chi connectivity index (χ4n) is 1.08. The summed E-state index contributed by atoms with van der Waals surface area (Å²) in [6, 6.07) is 2.28. The smallest absolute Gasteiger partial charge is 0.168 e. The number of rotatable bonds is 2. The van der Waals surface area contributed by atoms with E-state index in [1.807, 2.05) is 0 Å². The van der Waals surface area contributed by atoms with Crippen molar-refractivity contribution >= 4 is 0 Å². The molecule has 0 aliphatic heterocycles. The second kappa shape index (κ2) is 3.72. The SMILES string of the molecule is Cc1ccc([C@@H](N)CO)c(O)c1F. The first kappa shape index (κ1) is 9.95. The first-order chi connectivity index (χ1) is 6.07. The van der Waals surface area contributed by atoms with E-state index in [0.29, 0.717) is 5.56 Å². The highest BCUT2D eigenvalue weighted by Gasteiger charge is 2.14. The molecule has 1 aromatic carbocycles. The summed E-state index contributed by atoms with van der Waals surface area (Å²) in [6.45, 7) is 1.22. The highest BCUT2D eigenvalue weighted by Crippen LogP contribution is 2.27. The zero-order valence-electron chi connectivity index (χ0n) is 7.29. The molecule has 0 heterocycles. The molecule has 1 rings (SSSR count). The number of nitrogens with two attached hydrogens (primary N) is 1. The fourth-order valence-corrected chi connectivity index (χ4v) is 1.08. The highest BCUT2D eigenvalue weighted by atomic mass is 19.1. The van der Waals surface area contributed by atoms with Crippen LogP contribution in [-0.4, -0.2) is 16.8 Å². The molecule has 0 bridgehead atoms. The van der Waals surface area contributed by atoms with Crippen LogP contribution in [0.1, 0.15) is 17.2 Å². The summed E-state index contributed by atoms with van der Waals surface area (Å²) in [7, 11) is 0. The van der Waals surface area contributed by atoms with Crippen molar-refractivity contribution in [2.45, 2.75) is 13.0 Å². The maximum absolute atomic E-state index is 13.1. The van der Waals surface area contributed by atoms with Crippen molar-refractivity contribution in [3.8, 4) is 5.75 Å². The molecule has 0 radical (unpaired) electrons. The van der Waals surface area contributed by atoms with Crippen LogP contribution < -0.4 is 5.73 Å². The summed E-state index contributed by atoms with van der Waals surface area (Å²) in [5.74, 6) is -1.15. The summed E-state index contributed by atoms with van der Waals surface area (Å²) in [4.78, 5) is 0. The third-order valence-electron chi connectivity index (χ3n) is 1.94. The highest BCUT2D eigenvalue weighted by molar-refractivity contribution is 5.39. The first-order valence-corrected chi connectivity index (χ1v) is 3.92. The van der Waals surface area contributed by atoms with Gasteiger partial charge in [-0.1, -0.05) is 12.1 Å². The van der Waals surface area contributed by atoms with Crippen LogP contribution in [-0.2, 0) is 0 Å². The zero-order valence-corrected chi connectivity index (χ0v) is 7.29. The van der Waals surface area contributed by atoms with Gasteiger partial charge in [-0.2, -0.15) is 0 Å². The van der Waals surface area contributed by atoms with E-state index in [1.54, 1.807) is 6.92 Å². The molecule has 1 atom stereocenters. The monoisotopic (exact) mass is 185 g/mol. The maximum Gasteiger partial charge on any atom is 0.168 e. The summed E-state index contributed by atoms with van der Waals surface area (Å²) in [5.41, 5.74) is 6.02. The van der Waals surface area contributed by atoms with E-state index in [-0.39, 0.29) is 12.2 Å². The molecular formula is C9H12FNO2. The average molecular weight is 185 g/mol. The Labute approximate surface area is 75.6 Å². The van der Waals surface area contributed by atoms with Crippen LogP contribution >= 0.6 is 0 Å². The zero-order chi connectivity index (χ0) is 10.0. The number of benzene rings is 1. The summed E-state index contributed by atoms with van der Waals surface area (Å²) in [6.07, 6.45) is 0. The Morgan fingerprint density at radius 3 is 2.69 bits per heavy atom. The minimum Gasteiger partial charge on any atom is -0.505 e. The molecule has 0 aromatic heterocycles. The quantitative estimate of drug-likeness (QED) is 0.639. The molecule has 1 aromatic rings. The van der Waals surface area contributed by atoms with Crippen LogP contribution in [0.3, 0.4) is 0 Å². The van der Waals surface area contributed by atoms with Gasteiger partial charge in [-0.3, -0.25) is 0 Å². The number of hydrogen-bond acceptors (Lipinski definition) is 3. The van der Waals surface area contributed by atoms with E-state index >= 15 is 0 Å². The topological polar surface area (TPSA) is 66.5 Å². The standard InChI is InChI=1S/C9H12FNO2/c1-5-2-3-6(7(11)4-12)9(13)8(5)10/h2-3,7,12-13H,4,11H2,1H3/t7-/m0/s1. The van der Waals surface area contributed by atoms with Crippen molar-refractivity contribution in [1.82, 2.24) is 0 Å². The largest absolute Gasteiger partial charge is 0.505 e. The molecule has 3 nitrogen and oxygen atoms in total. The molecule has 0 unspecified atom stereocenters. The van der Waals surface area contributed by atoms with Gasteiger partial charge in [-0.05, 0) is 12.5 Å². The van der Waals surface area contributed by atoms with Crippen LogP contribution in [0.5, 0.6) is 5.75 Å². The fraction of sp³-hybridized carbons (Fsp3) is 0.333. The Bertz CT molecular complexity index is 315. The lowest BCUT2D eigenvalue weighted by molar-refractivity contribution is 0.264. The van der Waals surface area contributed by atoms with E-state index < -0.39 is 17.6 Å². The Balaban J connectivity index is 3.18. The van der Waals surface area contributed by atoms with E-state index in [2.05, 4.69) is 0 Å². The van der Waals surface area contributed by atoms with Gasteiger partial charge < -0.3 is 15.9 Å². The first-order valence-electron chi connectivity index (χ1n) is 3.92. The minimum absolute atomic E-state index is 0.227. The lowest BCUT2D eigenvalue weighted by Gasteiger charge is -2.11. The predicted molar refractivity (Wildman–Crippen MR) is 46.8 cm³/mol. The molecule has 13 heavy (non-hydrogen) atoms. The van der Waals surface area contributed by atoms with Gasteiger partial charge >= 0.3 is 0 Å². The van der Waals surface area contributed by atoms with Gasteiger partial charge in [0.25, 0.3) is 0 Å². The number of phenols is 1. The number of halogens is 1. The number of aliphatic hydroxyl groups is 1. The molecule has 0 amide bonds. The molecule has 4 heteroatoms. The van der Waals surface area contributed by atoms with Crippen molar-refractivity contribution in [3.63, 3.8) is 0 Å². The lowest BCUT2D eigenvalue weighted by Crippen LogP contribution is -2.15. The third kappa shape index (κ3) is 1.79. The van der Waals surface area contributed by atoms with Gasteiger partial charge in [0, 0.05) is 5.56 Å². The molecule has 0 aliphatic rings. The number of hydrogen-bond donors (Lipinski definition) is 3. The Hall–Kier alpha value is -1.13. The van der Waals surface area contributed by atoms with Crippen LogP contribution in [0.2, 0.25) is 0 Å². The van der Waals surface area contributed by atoms with Crippen molar-refractivity contribution in [2.75, 3.05) is 6.61 Å². The molecule has 0 fully saturated rings. The number of aryl methyl sites for hydroxylation is 1. The molecule has 0 saturated heterocycles. The van der Waals surface area contributed by atoms with Crippen LogP contribution in [0.25, 0.3) is 0 Å². The summed E-state index contributed by atoms with van der Waals surface area (Å²) < 4.78 is 13.1. The molecule has 0 saturated carbocycles. The second-order valence-corrected chi connectivity index (χ2v) is 2.92. The molecule has 0 aliphatic carbocycles. The second-order valence-electron chi connectivity index (χ2n) is 2.92. The molecule has 0 spiro atoms. The van der Waals surface area contributed by atoms with Gasteiger partial charge in [0.15, 0.2) is 11.6 Å². The molecular weight excluding hydrogens is 173 g/mol. The van der Waals surface area contributed by atoms with Crippen molar-refractivity contribution < 1.29 is 14.6 Å². The molecule has 72 valence electrons. The lowest BCUT2D eigenvalue weighted by atomic mass is 10.0. The van der Waals surface area contributed by atoms with Gasteiger partial charge in [-0.15, -0.1) is 0 Å². The van der Waals surface area contributed by atoms with Gasteiger partial charge in [0.05, 0.1) is 12.6 Å². The van der Waals surface area contributed by atoms with Crippen molar-refractivity contribution in [2.24, 2.45) is 5.73 Å². The predicted octanol–water partition coefficient (Wildman–Crippen LogP) is 0.832. The van der Waals surface area contributed by atoms with Gasteiger partial charge in [-0.25, -0.2) is 4.39 Å². The third-order valence-corrected chi connectivity index (χ3v) is 1.94. The van der Waals surface area contributed by atoms with Crippen LogP contribution in [0, 0.1) is 12.7 Å². The van der Waals surface area contributed by atoms with E-state index in [4.69, 9.17) is 10.8 Å². The van der Waals surface area contributed by atoms with Crippen molar-refractivity contribution in [1.29, 1.82) is 0 Å². The normalized spacial score (nSPS) is 12.9. The minimum atomic E-state index is -0.741. The van der Waals surface area contributed by atoms with Gasteiger partial charge in [0.2, 0.25) is 0 Å². The average Bonchev–Trinajstić information content (AvgIpc) is 2.13. The summed E-state index contributed by atoms with van der Waals surface area (Å²) in [5, 5.41) is 18.0. The van der Waals surface area contributed by atoms with Crippen LogP contribution in [0.15, 0.2) is 12.1 Å². The Morgan fingerprint density at radius 1 is 1.54 bits per heavy atom. The van der Waals surface area contributed by atoms with Crippen LogP contribution in [0.4, 0.5) is 4.39 Å². The Morgan fingerprint density at radius 2 is 2.15 bits per heavy atom.